The Kier molecular flexibility index (Phi) is 5.00. The highest BCUT2D eigenvalue weighted by molar-refractivity contribution is 5.71. The lowest BCUT2D eigenvalue weighted by molar-refractivity contribution is 0.0119. The Balaban J connectivity index is 1.67. The van der Waals surface area contributed by atoms with Crippen molar-refractivity contribution in [3.8, 4) is 11.1 Å². The van der Waals surface area contributed by atoms with Crippen LogP contribution in [0.3, 0.4) is 0 Å². The first-order valence-corrected chi connectivity index (χ1v) is 9.75. The van der Waals surface area contributed by atoms with Crippen molar-refractivity contribution in [2.24, 2.45) is 0 Å². The van der Waals surface area contributed by atoms with E-state index < -0.39 is 5.60 Å². The maximum absolute atomic E-state index is 13.6. The van der Waals surface area contributed by atoms with Gasteiger partial charge in [0.15, 0.2) is 0 Å². The van der Waals surface area contributed by atoms with Crippen molar-refractivity contribution in [3.63, 3.8) is 0 Å². The number of benzene rings is 1. The lowest BCUT2D eigenvalue weighted by Gasteiger charge is -2.36. The number of hydrogen-bond donors (Lipinski definition) is 1. The monoisotopic (exact) mass is 396 g/mol. The second-order valence-corrected chi connectivity index (χ2v) is 8.25. The summed E-state index contributed by atoms with van der Waals surface area (Å²) in [6.07, 6.45) is 3.35. The van der Waals surface area contributed by atoms with Gasteiger partial charge in [0, 0.05) is 37.0 Å². The van der Waals surface area contributed by atoms with Gasteiger partial charge in [-0.25, -0.2) is 13.7 Å². The zero-order valence-electron chi connectivity index (χ0n) is 16.9. The van der Waals surface area contributed by atoms with E-state index in [1.165, 1.54) is 12.1 Å². The van der Waals surface area contributed by atoms with Gasteiger partial charge >= 0.3 is 6.09 Å². The SMILES string of the molecule is CC(C)(C)OC(=O)N1CCNCC1c1cnn2cc(-c3cccc(F)c3)ccc12. The smallest absolute Gasteiger partial charge is 0.410 e. The van der Waals surface area contributed by atoms with E-state index in [9.17, 15) is 9.18 Å². The molecule has 0 aliphatic carbocycles. The minimum atomic E-state index is -0.548. The predicted octanol–water partition coefficient (Wildman–Crippen LogP) is 4.02. The molecule has 1 unspecified atom stereocenters. The third-order valence-corrected chi connectivity index (χ3v) is 4.93. The van der Waals surface area contributed by atoms with Crippen molar-refractivity contribution >= 4 is 11.6 Å². The number of aromatic nitrogens is 2. The second-order valence-electron chi connectivity index (χ2n) is 8.25. The van der Waals surface area contributed by atoms with Gasteiger partial charge in [-0.05, 0) is 44.5 Å². The number of hydrogen-bond acceptors (Lipinski definition) is 4. The van der Waals surface area contributed by atoms with Crippen molar-refractivity contribution in [1.29, 1.82) is 0 Å². The third kappa shape index (κ3) is 4.10. The van der Waals surface area contributed by atoms with E-state index >= 15 is 0 Å². The summed E-state index contributed by atoms with van der Waals surface area (Å²) in [6, 6.07) is 10.2. The van der Waals surface area contributed by atoms with Gasteiger partial charge in [0.2, 0.25) is 0 Å². The molecule has 152 valence electrons. The molecule has 1 atom stereocenters. The third-order valence-electron chi connectivity index (χ3n) is 4.93. The van der Waals surface area contributed by atoms with Crippen LogP contribution in [0.5, 0.6) is 0 Å². The summed E-state index contributed by atoms with van der Waals surface area (Å²) >= 11 is 0. The van der Waals surface area contributed by atoms with E-state index in [2.05, 4.69) is 10.4 Å². The summed E-state index contributed by atoms with van der Waals surface area (Å²) < 4.78 is 20.9. The fourth-order valence-corrected chi connectivity index (χ4v) is 3.62. The summed E-state index contributed by atoms with van der Waals surface area (Å²) in [7, 11) is 0. The predicted molar refractivity (Wildman–Crippen MR) is 109 cm³/mol. The van der Waals surface area contributed by atoms with E-state index in [-0.39, 0.29) is 18.0 Å². The highest BCUT2D eigenvalue weighted by Crippen LogP contribution is 2.29. The van der Waals surface area contributed by atoms with Gasteiger partial charge in [-0.2, -0.15) is 5.10 Å². The fraction of sp³-hybridized carbons (Fsp3) is 0.364. The zero-order valence-corrected chi connectivity index (χ0v) is 16.9. The van der Waals surface area contributed by atoms with Crippen LogP contribution in [0.15, 0.2) is 48.8 Å². The minimum Gasteiger partial charge on any atom is -0.444 e. The average molecular weight is 396 g/mol. The molecule has 2 aromatic heterocycles. The van der Waals surface area contributed by atoms with Gasteiger partial charge in [-0.3, -0.25) is 4.90 Å². The highest BCUT2D eigenvalue weighted by atomic mass is 19.1. The number of piperazine rings is 1. The van der Waals surface area contributed by atoms with Crippen LogP contribution in [0.4, 0.5) is 9.18 Å². The van der Waals surface area contributed by atoms with Gasteiger partial charge in [-0.1, -0.05) is 18.2 Å². The van der Waals surface area contributed by atoms with E-state index in [0.717, 1.165) is 28.8 Å². The Hall–Kier alpha value is -2.93. The van der Waals surface area contributed by atoms with E-state index in [1.807, 2.05) is 45.2 Å². The van der Waals surface area contributed by atoms with Crippen LogP contribution >= 0.6 is 0 Å². The topological polar surface area (TPSA) is 58.9 Å². The average Bonchev–Trinajstić information content (AvgIpc) is 3.09. The molecule has 0 spiro atoms. The molecule has 1 fully saturated rings. The number of ether oxygens (including phenoxy) is 1. The maximum Gasteiger partial charge on any atom is 0.410 e. The highest BCUT2D eigenvalue weighted by Gasteiger charge is 2.33. The summed E-state index contributed by atoms with van der Waals surface area (Å²) in [4.78, 5) is 14.5. The Bertz CT molecular complexity index is 1040. The first-order valence-electron chi connectivity index (χ1n) is 9.75. The molecule has 1 aliphatic heterocycles. The molecule has 6 nitrogen and oxygen atoms in total. The summed E-state index contributed by atoms with van der Waals surface area (Å²) in [5, 5.41) is 7.84. The van der Waals surface area contributed by atoms with Crippen LogP contribution < -0.4 is 5.32 Å². The minimum absolute atomic E-state index is 0.170. The number of carbonyl (C=O) groups excluding carboxylic acids is 1. The number of fused-ring (bicyclic) bond motifs is 1. The molecule has 4 rings (SSSR count). The Morgan fingerprint density at radius 2 is 2.07 bits per heavy atom. The lowest BCUT2D eigenvalue weighted by Crippen LogP contribution is -2.50. The summed E-state index contributed by atoms with van der Waals surface area (Å²) in [5.74, 6) is -0.273. The Morgan fingerprint density at radius 1 is 1.24 bits per heavy atom. The van der Waals surface area contributed by atoms with Gasteiger partial charge in [0.25, 0.3) is 0 Å². The molecular formula is C22H25FN4O2. The Morgan fingerprint density at radius 3 is 2.83 bits per heavy atom. The van der Waals surface area contributed by atoms with Crippen molar-refractivity contribution < 1.29 is 13.9 Å². The van der Waals surface area contributed by atoms with Gasteiger partial charge in [-0.15, -0.1) is 0 Å². The number of amides is 1. The first-order chi connectivity index (χ1) is 13.8. The normalized spacial score (nSPS) is 17.5. The second kappa shape index (κ2) is 7.48. The number of rotatable bonds is 2. The van der Waals surface area contributed by atoms with Crippen molar-refractivity contribution in [3.05, 3.63) is 60.2 Å². The van der Waals surface area contributed by atoms with E-state index in [0.29, 0.717) is 13.1 Å². The van der Waals surface area contributed by atoms with Crippen molar-refractivity contribution in [2.75, 3.05) is 19.6 Å². The molecule has 29 heavy (non-hydrogen) atoms. The van der Waals surface area contributed by atoms with Crippen LogP contribution in [-0.2, 0) is 4.74 Å². The number of pyridine rings is 1. The van der Waals surface area contributed by atoms with E-state index in [4.69, 9.17) is 4.74 Å². The standard InChI is InChI=1S/C22H25FN4O2/c1-22(2,3)29-21(28)26-10-9-24-13-20(26)18-12-25-27-14-16(7-8-19(18)27)15-5-4-6-17(23)11-15/h4-8,11-12,14,20,24H,9-10,13H2,1-3H3. The van der Waals surface area contributed by atoms with E-state index in [1.54, 1.807) is 21.7 Å². The molecule has 1 aromatic carbocycles. The van der Waals surface area contributed by atoms with Crippen LogP contribution in [0.1, 0.15) is 32.4 Å². The van der Waals surface area contributed by atoms with Crippen LogP contribution in [0.2, 0.25) is 0 Å². The molecule has 0 radical (unpaired) electrons. The van der Waals surface area contributed by atoms with Gasteiger partial charge in [0.05, 0.1) is 17.8 Å². The number of halogens is 1. The summed E-state index contributed by atoms with van der Waals surface area (Å²) in [5.41, 5.74) is 2.98. The van der Waals surface area contributed by atoms with Crippen LogP contribution in [-0.4, -0.2) is 45.8 Å². The zero-order chi connectivity index (χ0) is 20.6. The first kappa shape index (κ1) is 19.4. The van der Waals surface area contributed by atoms with Gasteiger partial charge < -0.3 is 10.1 Å². The van der Waals surface area contributed by atoms with Crippen LogP contribution in [0.25, 0.3) is 16.6 Å². The molecule has 1 saturated heterocycles. The largest absolute Gasteiger partial charge is 0.444 e. The lowest BCUT2D eigenvalue weighted by atomic mass is 10.0. The molecule has 1 amide bonds. The maximum atomic E-state index is 13.6. The van der Waals surface area contributed by atoms with Crippen molar-refractivity contribution in [2.45, 2.75) is 32.4 Å². The molecule has 1 N–H and O–H groups in total. The van der Waals surface area contributed by atoms with Crippen LogP contribution in [0, 0.1) is 5.82 Å². The molecular weight excluding hydrogens is 371 g/mol. The molecule has 0 saturated carbocycles. The molecule has 0 bridgehead atoms. The molecule has 1 aliphatic rings. The Labute approximate surface area is 169 Å². The quantitative estimate of drug-likeness (QED) is 0.711. The number of carbonyl (C=O) groups is 1. The van der Waals surface area contributed by atoms with Gasteiger partial charge in [0.1, 0.15) is 11.4 Å². The molecule has 3 heterocycles. The van der Waals surface area contributed by atoms with Crippen molar-refractivity contribution in [1.82, 2.24) is 19.8 Å². The fourth-order valence-electron chi connectivity index (χ4n) is 3.62. The number of nitrogens with zero attached hydrogens (tertiary/aromatic N) is 3. The number of nitrogens with one attached hydrogen (secondary N) is 1. The molecule has 7 heteroatoms. The summed E-state index contributed by atoms with van der Waals surface area (Å²) in [6.45, 7) is 7.52. The molecule has 3 aromatic rings.